The lowest BCUT2D eigenvalue weighted by Gasteiger charge is -2.16. The van der Waals surface area contributed by atoms with E-state index in [0.717, 1.165) is 5.56 Å². The number of nitrogens with zero attached hydrogens (tertiary/aromatic N) is 1. The first-order chi connectivity index (χ1) is 9.67. The van der Waals surface area contributed by atoms with E-state index in [1.165, 1.54) is 0 Å². The summed E-state index contributed by atoms with van der Waals surface area (Å²) in [6, 6.07) is 9.76. The lowest BCUT2D eigenvalue weighted by atomic mass is 9.89. The minimum Gasteiger partial charge on any atom is -0.466 e. The van der Waals surface area contributed by atoms with Crippen molar-refractivity contribution in [2.75, 3.05) is 26.2 Å². The van der Waals surface area contributed by atoms with Crippen molar-refractivity contribution in [3.63, 3.8) is 0 Å². The standard InChI is InChI=1S/C15H20N2O3/c1-2-20-15(19)13-10-17(14(18)8-16)9-12(13)11-6-4-3-5-7-11/h3-7,12-13H,2,8-10,16H2,1H3/t12-,13+/m0/s1. The maximum absolute atomic E-state index is 12.1. The summed E-state index contributed by atoms with van der Waals surface area (Å²) in [7, 11) is 0. The summed E-state index contributed by atoms with van der Waals surface area (Å²) >= 11 is 0. The Kier molecular flexibility index (Phi) is 4.74. The molecule has 5 heteroatoms. The maximum atomic E-state index is 12.1. The fourth-order valence-corrected chi connectivity index (χ4v) is 2.66. The van der Waals surface area contributed by atoms with Gasteiger partial charge in [-0.3, -0.25) is 9.59 Å². The van der Waals surface area contributed by atoms with Crippen LogP contribution in [0, 0.1) is 5.92 Å². The van der Waals surface area contributed by atoms with Crippen LogP contribution in [0.15, 0.2) is 30.3 Å². The van der Waals surface area contributed by atoms with Crippen molar-refractivity contribution in [2.45, 2.75) is 12.8 Å². The van der Waals surface area contributed by atoms with Crippen molar-refractivity contribution in [2.24, 2.45) is 11.7 Å². The second-order valence-electron chi connectivity index (χ2n) is 4.88. The molecule has 1 aromatic carbocycles. The molecule has 1 fully saturated rings. The van der Waals surface area contributed by atoms with E-state index >= 15 is 0 Å². The Balaban J connectivity index is 2.21. The first-order valence-corrected chi connectivity index (χ1v) is 6.86. The number of likely N-dealkylation sites (tertiary alicyclic amines) is 1. The van der Waals surface area contributed by atoms with Crippen molar-refractivity contribution < 1.29 is 14.3 Å². The molecule has 5 nitrogen and oxygen atoms in total. The molecule has 2 atom stereocenters. The normalized spacial score (nSPS) is 21.8. The van der Waals surface area contributed by atoms with Gasteiger partial charge in [-0.2, -0.15) is 0 Å². The van der Waals surface area contributed by atoms with Gasteiger partial charge in [0.1, 0.15) is 0 Å². The lowest BCUT2D eigenvalue weighted by molar-refractivity contribution is -0.148. The molecule has 1 aliphatic rings. The zero-order valence-electron chi connectivity index (χ0n) is 11.6. The molecule has 0 unspecified atom stereocenters. The number of rotatable bonds is 4. The highest BCUT2D eigenvalue weighted by atomic mass is 16.5. The third-order valence-electron chi connectivity index (χ3n) is 3.66. The minimum absolute atomic E-state index is 0.0225. The quantitative estimate of drug-likeness (QED) is 0.824. The fourth-order valence-electron chi connectivity index (χ4n) is 2.66. The fraction of sp³-hybridized carbons (Fsp3) is 0.467. The Hall–Kier alpha value is -1.88. The van der Waals surface area contributed by atoms with Gasteiger partial charge < -0.3 is 15.4 Å². The first-order valence-electron chi connectivity index (χ1n) is 6.86. The molecule has 1 heterocycles. The largest absolute Gasteiger partial charge is 0.466 e. The molecular weight excluding hydrogens is 256 g/mol. The topological polar surface area (TPSA) is 72.6 Å². The van der Waals surface area contributed by atoms with Crippen LogP contribution in [0.25, 0.3) is 0 Å². The summed E-state index contributed by atoms with van der Waals surface area (Å²) in [5, 5.41) is 0. The number of nitrogens with two attached hydrogens (primary N) is 1. The van der Waals surface area contributed by atoms with Crippen LogP contribution in [0.3, 0.4) is 0 Å². The van der Waals surface area contributed by atoms with Crippen LogP contribution in [0.5, 0.6) is 0 Å². The van der Waals surface area contributed by atoms with E-state index in [2.05, 4.69) is 0 Å². The van der Waals surface area contributed by atoms with Crippen LogP contribution in [0.2, 0.25) is 0 Å². The molecule has 1 aliphatic heterocycles. The van der Waals surface area contributed by atoms with Crippen LogP contribution in [0.4, 0.5) is 0 Å². The minimum atomic E-state index is -0.312. The molecule has 1 saturated heterocycles. The Morgan fingerprint density at radius 3 is 2.60 bits per heavy atom. The number of amides is 1. The zero-order chi connectivity index (χ0) is 14.5. The van der Waals surface area contributed by atoms with Gasteiger partial charge in [0.05, 0.1) is 19.1 Å². The van der Waals surface area contributed by atoms with E-state index < -0.39 is 0 Å². The summed E-state index contributed by atoms with van der Waals surface area (Å²) in [6.07, 6.45) is 0. The van der Waals surface area contributed by atoms with E-state index in [1.807, 2.05) is 30.3 Å². The van der Waals surface area contributed by atoms with Gasteiger partial charge >= 0.3 is 5.97 Å². The van der Waals surface area contributed by atoms with E-state index in [0.29, 0.717) is 19.7 Å². The van der Waals surface area contributed by atoms with Crippen molar-refractivity contribution in [1.29, 1.82) is 0 Å². The van der Waals surface area contributed by atoms with E-state index in [1.54, 1.807) is 11.8 Å². The maximum Gasteiger partial charge on any atom is 0.311 e. The van der Waals surface area contributed by atoms with Gasteiger partial charge in [0, 0.05) is 19.0 Å². The molecule has 0 aliphatic carbocycles. The second-order valence-corrected chi connectivity index (χ2v) is 4.88. The third kappa shape index (κ3) is 2.99. The molecule has 20 heavy (non-hydrogen) atoms. The van der Waals surface area contributed by atoms with Gasteiger partial charge in [-0.15, -0.1) is 0 Å². The van der Waals surface area contributed by atoms with Crippen molar-refractivity contribution in [3.05, 3.63) is 35.9 Å². The lowest BCUT2D eigenvalue weighted by Crippen LogP contribution is -2.35. The van der Waals surface area contributed by atoms with Gasteiger partial charge in [0.15, 0.2) is 0 Å². The average Bonchev–Trinajstić information content (AvgIpc) is 2.93. The summed E-state index contributed by atoms with van der Waals surface area (Å²) in [4.78, 5) is 25.5. The number of esters is 1. The molecule has 0 radical (unpaired) electrons. The summed E-state index contributed by atoms with van der Waals surface area (Å²) in [6.45, 7) is 3.00. The number of carbonyl (C=O) groups is 2. The Morgan fingerprint density at radius 2 is 2.00 bits per heavy atom. The Labute approximate surface area is 118 Å². The summed E-state index contributed by atoms with van der Waals surface area (Å²) in [5.74, 6) is -0.704. The average molecular weight is 276 g/mol. The van der Waals surface area contributed by atoms with Gasteiger partial charge in [-0.1, -0.05) is 30.3 Å². The molecule has 1 amide bonds. The molecule has 1 aromatic rings. The first kappa shape index (κ1) is 14.5. The van der Waals surface area contributed by atoms with Crippen LogP contribution >= 0.6 is 0 Å². The van der Waals surface area contributed by atoms with Crippen LogP contribution < -0.4 is 5.73 Å². The number of ether oxygens (including phenoxy) is 1. The Bertz CT molecular complexity index is 475. The number of hydrogen-bond acceptors (Lipinski definition) is 4. The molecule has 2 N–H and O–H groups in total. The van der Waals surface area contributed by atoms with Crippen molar-refractivity contribution in [1.82, 2.24) is 4.90 Å². The second kappa shape index (κ2) is 6.52. The molecule has 0 saturated carbocycles. The van der Waals surface area contributed by atoms with Crippen molar-refractivity contribution in [3.8, 4) is 0 Å². The van der Waals surface area contributed by atoms with E-state index in [4.69, 9.17) is 10.5 Å². The Morgan fingerprint density at radius 1 is 1.30 bits per heavy atom. The number of carbonyl (C=O) groups excluding carboxylic acids is 2. The van der Waals surface area contributed by atoms with Gasteiger partial charge in [-0.05, 0) is 12.5 Å². The van der Waals surface area contributed by atoms with Crippen molar-refractivity contribution >= 4 is 11.9 Å². The predicted octanol–water partition coefficient (Wildman–Crippen LogP) is 0.750. The monoisotopic (exact) mass is 276 g/mol. The predicted molar refractivity (Wildman–Crippen MR) is 74.9 cm³/mol. The SMILES string of the molecule is CCOC(=O)[C@@H]1CN(C(=O)CN)C[C@H]1c1ccccc1. The smallest absolute Gasteiger partial charge is 0.311 e. The van der Waals surface area contributed by atoms with Crippen LogP contribution in [0.1, 0.15) is 18.4 Å². The summed E-state index contributed by atoms with van der Waals surface area (Å²) < 4.78 is 5.13. The summed E-state index contributed by atoms with van der Waals surface area (Å²) in [5.41, 5.74) is 6.46. The molecular formula is C15H20N2O3. The zero-order valence-corrected chi connectivity index (χ0v) is 11.6. The molecule has 0 bridgehead atoms. The van der Waals surface area contributed by atoms with Crippen LogP contribution in [-0.2, 0) is 14.3 Å². The van der Waals surface area contributed by atoms with E-state index in [9.17, 15) is 9.59 Å². The van der Waals surface area contributed by atoms with Gasteiger partial charge in [0.2, 0.25) is 5.91 Å². The molecule has 0 spiro atoms. The highest BCUT2D eigenvalue weighted by Gasteiger charge is 2.40. The van der Waals surface area contributed by atoms with Crippen LogP contribution in [-0.4, -0.2) is 43.0 Å². The van der Waals surface area contributed by atoms with Gasteiger partial charge in [-0.25, -0.2) is 0 Å². The van der Waals surface area contributed by atoms with Gasteiger partial charge in [0.25, 0.3) is 0 Å². The molecule has 2 rings (SSSR count). The number of hydrogen-bond donors (Lipinski definition) is 1. The third-order valence-corrected chi connectivity index (χ3v) is 3.66. The highest BCUT2D eigenvalue weighted by Crippen LogP contribution is 2.33. The highest BCUT2D eigenvalue weighted by molar-refractivity contribution is 5.81. The number of benzene rings is 1. The van der Waals surface area contributed by atoms with E-state index in [-0.39, 0.29) is 30.3 Å². The molecule has 108 valence electrons. The molecule has 0 aromatic heterocycles.